The number of carbonyl (C=O) groups excluding carboxylic acids is 1. The van der Waals surface area contributed by atoms with Gasteiger partial charge in [0.05, 0.1) is 29.0 Å². The van der Waals surface area contributed by atoms with Crippen LogP contribution in [-0.4, -0.2) is 75.2 Å². The molecule has 2 aromatic carbocycles. The molecule has 1 saturated carbocycles. The third-order valence-corrected chi connectivity index (χ3v) is 8.01. The minimum absolute atomic E-state index is 0.0276. The van der Waals surface area contributed by atoms with Gasteiger partial charge in [0, 0.05) is 43.5 Å². The number of nitrogens with one attached hydrogen (secondary N) is 2. The molecule has 0 atom stereocenters. The lowest BCUT2D eigenvalue weighted by Gasteiger charge is -2.34. The fourth-order valence-corrected chi connectivity index (χ4v) is 5.35. The number of halogens is 4. The lowest BCUT2D eigenvalue weighted by atomic mass is 9.88. The van der Waals surface area contributed by atoms with Gasteiger partial charge in [0.1, 0.15) is 6.61 Å². The first-order valence-electron chi connectivity index (χ1n) is 14.6. The summed E-state index contributed by atoms with van der Waals surface area (Å²) >= 11 is 0. The van der Waals surface area contributed by atoms with E-state index in [1.807, 2.05) is 0 Å². The van der Waals surface area contributed by atoms with Gasteiger partial charge in [-0.15, -0.1) is 5.10 Å². The highest BCUT2D eigenvalue weighted by atomic mass is 19.4. The smallest absolute Gasteiger partial charge is 0.393 e. The molecule has 0 bridgehead atoms. The number of allylic oxidation sites excluding steroid dienone is 1. The summed E-state index contributed by atoms with van der Waals surface area (Å²) in [5, 5.41) is 19.1. The molecule has 3 N–H and O–H groups in total. The van der Waals surface area contributed by atoms with Gasteiger partial charge >= 0.3 is 6.18 Å². The molecule has 45 heavy (non-hydrogen) atoms. The van der Waals surface area contributed by atoms with Gasteiger partial charge in [0.2, 0.25) is 17.7 Å². The number of amides is 1. The molecular formula is C33H31F4N5O3. The van der Waals surface area contributed by atoms with Crippen LogP contribution in [0.2, 0.25) is 0 Å². The van der Waals surface area contributed by atoms with Crippen molar-refractivity contribution in [2.24, 2.45) is 0 Å². The summed E-state index contributed by atoms with van der Waals surface area (Å²) in [6.45, 7) is 1.49. The second-order valence-electron chi connectivity index (χ2n) is 11.4. The number of aromatic amines is 1. The molecule has 0 radical (unpaired) electrons. The number of aromatic nitrogens is 3. The number of alkyl halides is 3. The Bertz CT molecular complexity index is 1720. The number of nitrogens with zero attached hydrogens (tertiary/aromatic N) is 3. The van der Waals surface area contributed by atoms with Crippen LogP contribution in [0.3, 0.4) is 0 Å². The third-order valence-electron chi connectivity index (χ3n) is 8.01. The summed E-state index contributed by atoms with van der Waals surface area (Å²) in [5.41, 5.74) is 1.66. The number of pyridine rings is 1. The Hall–Kier alpha value is -4.55. The van der Waals surface area contributed by atoms with Gasteiger partial charge in [-0.05, 0) is 53.3 Å². The molecule has 3 heterocycles. The van der Waals surface area contributed by atoms with Crippen LogP contribution in [0.1, 0.15) is 36.0 Å². The maximum absolute atomic E-state index is 14.4. The van der Waals surface area contributed by atoms with E-state index in [1.165, 1.54) is 18.3 Å². The lowest BCUT2D eigenvalue weighted by molar-refractivity contribution is -0.135. The topological polar surface area (TPSA) is 103 Å². The number of hydrogen-bond donors (Lipinski definition) is 3. The molecule has 2 fully saturated rings. The Balaban J connectivity index is 1.22. The molecule has 0 unspecified atom stereocenters. The van der Waals surface area contributed by atoms with Gasteiger partial charge in [-0.25, -0.2) is 4.98 Å². The van der Waals surface area contributed by atoms with Crippen molar-refractivity contribution >= 4 is 28.0 Å². The average molecular weight is 622 g/mol. The number of β-amino-alcohol motifs (C(OH)–C–C–N with tert-alkyl or cyclic N) is 1. The zero-order chi connectivity index (χ0) is 31.6. The number of hydrogen-bond acceptors (Lipinski definition) is 6. The predicted octanol–water partition coefficient (Wildman–Crippen LogP) is 5.27. The van der Waals surface area contributed by atoms with Crippen molar-refractivity contribution in [3.05, 3.63) is 102 Å². The Labute approximate surface area is 256 Å². The molecule has 1 amide bonds. The fraction of sp³-hybridized carbons (Fsp3) is 0.303. The molecule has 12 heteroatoms. The first-order valence-corrected chi connectivity index (χ1v) is 14.6. The number of aliphatic hydroxyl groups excluding tert-OH is 1. The van der Waals surface area contributed by atoms with Crippen molar-refractivity contribution in [3.8, 4) is 5.88 Å². The summed E-state index contributed by atoms with van der Waals surface area (Å²) < 4.78 is 62.3. The summed E-state index contributed by atoms with van der Waals surface area (Å²) in [5.74, 6) is -0.575. The van der Waals surface area contributed by atoms with Crippen LogP contribution in [0.4, 0.5) is 17.6 Å². The number of benzene rings is 2. The zero-order valence-corrected chi connectivity index (χ0v) is 24.1. The van der Waals surface area contributed by atoms with Gasteiger partial charge in [-0.1, -0.05) is 42.5 Å². The first-order chi connectivity index (χ1) is 21.6. The van der Waals surface area contributed by atoms with E-state index in [1.54, 1.807) is 65.6 Å². The third kappa shape index (κ3) is 7.23. The number of ether oxygens (including phenoxy) is 1. The van der Waals surface area contributed by atoms with E-state index in [2.05, 4.69) is 20.5 Å². The number of rotatable bonds is 11. The summed E-state index contributed by atoms with van der Waals surface area (Å²) in [4.78, 5) is 18.0. The number of fused-ring (bicyclic) bond motifs is 1. The quantitative estimate of drug-likeness (QED) is 0.120. The van der Waals surface area contributed by atoms with Gasteiger partial charge in [0.25, 0.3) is 0 Å². The second-order valence-corrected chi connectivity index (χ2v) is 11.4. The van der Waals surface area contributed by atoms with Crippen molar-refractivity contribution in [2.45, 2.75) is 37.1 Å². The van der Waals surface area contributed by atoms with Crippen molar-refractivity contribution in [1.82, 2.24) is 25.4 Å². The molecule has 234 valence electrons. The monoisotopic (exact) mass is 621 g/mol. The minimum atomic E-state index is -4.51. The molecule has 6 rings (SSSR count). The van der Waals surface area contributed by atoms with Gasteiger partial charge in [-0.2, -0.15) is 17.6 Å². The number of likely N-dealkylation sites (tertiary alicyclic amines) is 1. The molecule has 1 saturated heterocycles. The molecule has 1 aliphatic heterocycles. The Kier molecular flexibility index (Phi) is 8.43. The standard InChI is InChI=1S/C33H31F4N5O3/c34-31-25-15-22(8-10-27(25)40-41-31)30(26(16-33(35,36)37)21-5-2-1-3-6-21)23-9-11-28(38-17-23)45-20-32(12-13-32)39-14-4-7-29(44)42-18-24(43)19-42/h1-11,15,17,24,39,43H,12-14,16,18-20H2,(H,40,41)/b7-4+,30-26-. The van der Waals surface area contributed by atoms with E-state index in [0.29, 0.717) is 54.3 Å². The fourth-order valence-electron chi connectivity index (χ4n) is 5.35. The normalized spacial score (nSPS) is 17.0. The highest BCUT2D eigenvalue weighted by Crippen LogP contribution is 2.40. The largest absolute Gasteiger partial charge is 0.476 e. The number of aliphatic hydroxyl groups is 1. The van der Waals surface area contributed by atoms with Crippen LogP contribution in [0.25, 0.3) is 22.0 Å². The average Bonchev–Trinajstić information content (AvgIpc) is 3.70. The van der Waals surface area contributed by atoms with Gasteiger partial charge in [-0.3, -0.25) is 9.89 Å². The summed E-state index contributed by atoms with van der Waals surface area (Å²) in [6, 6.07) is 16.3. The van der Waals surface area contributed by atoms with E-state index < -0.39 is 24.6 Å². The van der Waals surface area contributed by atoms with E-state index in [9.17, 15) is 27.5 Å². The highest BCUT2D eigenvalue weighted by Gasteiger charge is 2.43. The van der Waals surface area contributed by atoms with Crippen LogP contribution in [-0.2, 0) is 4.79 Å². The van der Waals surface area contributed by atoms with Crippen LogP contribution in [0.5, 0.6) is 5.88 Å². The maximum atomic E-state index is 14.4. The molecule has 2 aliphatic rings. The van der Waals surface area contributed by atoms with Crippen molar-refractivity contribution < 1.29 is 32.2 Å². The molecule has 1 aliphatic carbocycles. The molecule has 2 aromatic heterocycles. The van der Waals surface area contributed by atoms with Crippen molar-refractivity contribution in [1.29, 1.82) is 0 Å². The SMILES string of the molecule is O=C(/C=C/CNC1(COc2ccc(/C(=C(/CC(F)(F)F)c3ccccc3)c3ccc4[nH]nc(F)c4c3)cn2)CC1)N1CC(O)C1. The van der Waals surface area contributed by atoms with Gasteiger partial charge < -0.3 is 20.1 Å². The highest BCUT2D eigenvalue weighted by molar-refractivity contribution is 6.00. The zero-order valence-electron chi connectivity index (χ0n) is 24.1. The Morgan fingerprint density at radius 3 is 2.51 bits per heavy atom. The van der Waals surface area contributed by atoms with E-state index >= 15 is 0 Å². The first kappa shape index (κ1) is 30.5. The van der Waals surface area contributed by atoms with E-state index in [4.69, 9.17) is 4.74 Å². The van der Waals surface area contributed by atoms with Crippen molar-refractivity contribution in [2.75, 3.05) is 26.2 Å². The predicted molar refractivity (Wildman–Crippen MR) is 161 cm³/mol. The second kappa shape index (κ2) is 12.4. The van der Waals surface area contributed by atoms with Crippen molar-refractivity contribution in [3.63, 3.8) is 0 Å². The summed E-state index contributed by atoms with van der Waals surface area (Å²) in [7, 11) is 0. The van der Waals surface area contributed by atoms with Crippen LogP contribution in [0.15, 0.2) is 79.0 Å². The molecule has 8 nitrogen and oxygen atoms in total. The minimum Gasteiger partial charge on any atom is -0.476 e. The van der Waals surface area contributed by atoms with Crippen LogP contribution >= 0.6 is 0 Å². The molecule has 0 spiro atoms. The summed E-state index contributed by atoms with van der Waals surface area (Å²) in [6.07, 6.45) is 0.294. The van der Waals surface area contributed by atoms with E-state index in [0.717, 1.165) is 12.8 Å². The maximum Gasteiger partial charge on any atom is 0.393 e. The Morgan fingerprint density at radius 1 is 1.09 bits per heavy atom. The van der Waals surface area contributed by atoms with Crippen LogP contribution < -0.4 is 10.1 Å². The van der Waals surface area contributed by atoms with E-state index in [-0.39, 0.29) is 28.0 Å². The number of carbonyl (C=O) groups is 1. The lowest BCUT2D eigenvalue weighted by Crippen LogP contribution is -2.53. The Morgan fingerprint density at radius 2 is 1.84 bits per heavy atom. The number of H-pyrrole nitrogens is 1. The van der Waals surface area contributed by atoms with Gasteiger partial charge in [0.15, 0.2) is 0 Å². The molecular weight excluding hydrogens is 590 g/mol. The molecule has 4 aromatic rings. The van der Waals surface area contributed by atoms with Crippen LogP contribution in [0, 0.1) is 5.95 Å².